The van der Waals surface area contributed by atoms with Crippen molar-refractivity contribution in [3.8, 4) is 0 Å². The minimum atomic E-state index is -0.839. The quantitative estimate of drug-likeness (QED) is 0.849. The zero-order valence-electron chi connectivity index (χ0n) is 8.23. The van der Waals surface area contributed by atoms with Gasteiger partial charge in [-0.3, -0.25) is 0 Å². The zero-order valence-corrected chi connectivity index (χ0v) is 9.87. The lowest BCUT2D eigenvalue weighted by Gasteiger charge is -2.09. The van der Waals surface area contributed by atoms with Gasteiger partial charge in [0, 0.05) is 28.6 Å². The van der Waals surface area contributed by atoms with E-state index in [0.717, 1.165) is 11.4 Å². The van der Waals surface area contributed by atoms with Crippen LogP contribution in [-0.4, -0.2) is 28.6 Å². The molecular weight excluding hydrogens is 230 g/mol. The summed E-state index contributed by atoms with van der Waals surface area (Å²) in [4.78, 5) is 11.8. The molecular formula is C10H13NO2S2. The van der Waals surface area contributed by atoms with Crippen LogP contribution in [0, 0.1) is 0 Å². The molecule has 1 fully saturated rings. The van der Waals surface area contributed by atoms with Crippen LogP contribution < -0.4 is 5.32 Å². The van der Waals surface area contributed by atoms with E-state index in [1.165, 1.54) is 29.3 Å². The molecule has 1 aromatic heterocycles. The molecule has 1 aromatic rings. The lowest BCUT2D eigenvalue weighted by molar-refractivity contribution is 0.0697. The Kier molecular flexibility index (Phi) is 3.66. The molecule has 2 N–H and O–H groups in total. The van der Waals surface area contributed by atoms with Crippen LogP contribution >= 0.6 is 23.1 Å². The summed E-state index contributed by atoms with van der Waals surface area (Å²) in [7, 11) is 0. The number of hydrogen-bond acceptors (Lipinski definition) is 4. The van der Waals surface area contributed by atoms with E-state index in [-0.39, 0.29) is 0 Å². The summed E-state index contributed by atoms with van der Waals surface area (Å²) >= 11 is 3.49. The third kappa shape index (κ3) is 2.96. The van der Waals surface area contributed by atoms with Gasteiger partial charge in [0.15, 0.2) is 0 Å². The van der Waals surface area contributed by atoms with Crippen LogP contribution in [0.1, 0.15) is 21.7 Å². The standard InChI is InChI=1S/C10H13NO2S2/c12-10(13)7-3-9(15-5-7)4-11-8-1-2-14-6-8/h3,5,8,11H,1-2,4,6H2,(H,12,13). The maximum atomic E-state index is 10.7. The first-order chi connectivity index (χ1) is 7.25. The van der Waals surface area contributed by atoms with Gasteiger partial charge in [-0.15, -0.1) is 11.3 Å². The first-order valence-corrected chi connectivity index (χ1v) is 6.91. The fraction of sp³-hybridized carbons (Fsp3) is 0.500. The van der Waals surface area contributed by atoms with Gasteiger partial charge in [-0.05, 0) is 18.2 Å². The molecule has 1 aliphatic rings. The fourth-order valence-electron chi connectivity index (χ4n) is 1.53. The second-order valence-electron chi connectivity index (χ2n) is 3.55. The smallest absolute Gasteiger partial charge is 0.336 e. The molecule has 82 valence electrons. The highest BCUT2D eigenvalue weighted by atomic mass is 32.2. The Labute approximate surface area is 96.9 Å². The SMILES string of the molecule is O=C(O)c1csc(CNC2CCSC2)c1. The van der Waals surface area contributed by atoms with E-state index in [2.05, 4.69) is 5.32 Å². The molecule has 0 saturated carbocycles. The normalized spacial score (nSPS) is 20.7. The molecule has 0 aromatic carbocycles. The van der Waals surface area contributed by atoms with Crippen LogP contribution in [0.2, 0.25) is 0 Å². The molecule has 0 radical (unpaired) electrons. The van der Waals surface area contributed by atoms with Crippen LogP contribution in [0.3, 0.4) is 0 Å². The minimum Gasteiger partial charge on any atom is -0.478 e. The average molecular weight is 243 g/mol. The predicted octanol–water partition coefficient (Wildman–Crippen LogP) is 2.04. The fourth-order valence-corrected chi connectivity index (χ4v) is 3.52. The Morgan fingerprint density at radius 3 is 3.13 bits per heavy atom. The summed E-state index contributed by atoms with van der Waals surface area (Å²) < 4.78 is 0. The van der Waals surface area contributed by atoms with Crippen LogP contribution in [0.25, 0.3) is 0 Å². The monoisotopic (exact) mass is 243 g/mol. The minimum absolute atomic E-state index is 0.401. The van der Waals surface area contributed by atoms with Crippen LogP contribution in [0.5, 0.6) is 0 Å². The summed E-state index contributed by atoms with van der Waals surface area (Å²) in [5.74, 6) is 1.58. The summed E-state index contributed by atoms with van der Waals surface area (Å²) in [6.45, 7) is 0.795. The molecule has 0 spiro atoms. The molecule has 2 heterocycles. The maximum absolute atomic E-state index is 10.7. The first kappa shape index (κ1) is 11.0. The van der Waals surface area contributed by atoms with Crippen molar-refractivity contribution in [1.29, 1.82) is 0 Å². The van der Waals surface area contributed by atoms with Crippen molar-refractivity contribution in [3.63, 3.8) is 0 Å². The van der Waals surface area contributed by atoms with Crippen molar-refractivity contribution in [2.75, 3.05) is 11.5 Å². The number of aromatic carboxylic acids is 1. The summed E-state index contributed by atoms with van der Waals surface area (Å²) in [6.07, 6.45) is 1.22. The van der Waals surface area contributed by atoms with E-state index in [4.69, 9.17) is 5.11 Å². The second kappa shape index (κ2) is 5.01. The number of carbonyl (C=O) groups is 1. The Bertz CT molecular complexity index is 345. The van der Waals surface area contributed by atoms with Gasteiger partial charge < -0.3 is 10.4 Å². The molecule has 1 atom stereocenters. The Balaban J connectivity index is 1.84. The Hall–Kier alpha value is -0.520. The van der Waals surface area contributed by atoms with Gasteiger partial charge in [0.05, 0.1) is 5.56 Å². The van der Waals surface area contributed by atoms with Crippen LogP contribution in [0.15, 0.2) is 11.4 Å². The van der Waals surface area contributed by atoms with Crippen molar-refractivity contribution in [2.45, 2.75) is 19.0 Å². The van der Waals surface area contributed by atoms with Gasteiger partial charge in [-0.1, -0.05) is 0 Å². The number of thioether (sulfide) groups is 1. The largest absolute Gasteiger partial charge is 0.478 e. The van der Waals surface area contributed by atoms with E-state index in [0.29, 0.717) is 11.6 Å². The van der Waals surface area contributed by atoms with Crippen molar-refractivity contribution >= 4 is 29.1 Å². The van der Waals surface area contributed by atoms with E-state index in [1.54, 1.807) is 11.4 Å². The molecule has 1 unspecified atom stereocenters. The molecule has 0 aliphatic carbocycles. The Morgan fingerprint density at radius 2 is 2.53 bits per heavy atom. The van der Waals surface area contributed by atoms with Crippen molar-refractivity contribution in [2.24, 2.45) is 0 Å². The van der Waals surface area contributed by atoms with Gasteiger partial charge in [0.2, 0.25) is 0 Å². The molecule has 5 heteroatoms. The summed E-state index contributed by atoms with van der Waals surface area (Å²) in [5.41, 5.74) is 0.401. The molecule has 1 saturated heterocycles. The Morgan fingerprint density at radius 1 is 1.67 bits per heavy atom. The summed E-state index contributed by atoms with van der Waals surface area (Å²) in [5, 5.41) is 13.9. The highest BCUT2D eigenvalue weighted by Gasteiger charge is 2.15. The second-order valence-corrected chi connectivity index (χ2v) is 5.69. The van der Waals surface area contributed by atoms with Crippen LogP contribution in [0.4, 0.5) is 0 Å². The van der Waals surface area contributed by atoms with E-state index in [1.807, 2.05) is 11.8 Å². The average Bonchev–Trinajstić information content (AvgIpc) is 2.86. The molecule has 0 bridgehead atoms. The molecule has 3 nitrogen and oxygen atoms in total. The molecule has 2 rings (SSSR count). The topological polar surface area (TPSA) is 49.3 Å². The van der Waals surface area contributed by atoms with E-state index >= 15 is 0 Å². The number of carboxylic acid groups (broad SMARTS) is 1. The third-order valence-corrected chi connectivity index (χ3v) is 4.49. The van der Waals surface area contributed by atoms with Gasteiger partial charge in [-0.25, -0.2) is 4.79 Å². The molecule has 0 amide bonds. The van der Waals surface area contributed by atoms with Crippen molar-refractivity contribution < 1.29 is 9.90 Å². The van der Waals surface area contributed by atoms with Gasteiger partial charge in [0.1, 0.15) is 0 Å². The highest BCUT2D eigenvalue weighted by Crippen LogP contribution is 2.19. The number of thiophene rings is 1. The number of nitrogens with one attached hydrogen (secondary N) is 1. The van der Waals surface area contributed by atoms with Gasteiger partial charge in [0.25, 0.3) is 0 Å². The molecule has 1 aliphatic heterocycles. The van der Waals surface area contributed by atoms with Crippen molar-refractivity contribution in [1.82, 2.24) is 5.32 Å². The maximum Gasteiger partial charge on any atom is 0.336 e. The van der Waals surface area contributed by atoms with Crippen molar-refractivity contribution in [3.05, 3.63) is 21.9 Å². The number of rotatable bonds is 4. The zero-order chi connectivity index (χ0) is 10.7. The third-order valence-electron chi connectivity index (χ3n) is 2.40. The lowest BCUT2D eigenvalue weighted by atomic mass is 10.2. The number of carboxylic acids is 1. The molecule has 15 heavy (non-hydrogen) atoms. The van der Waals surface area contributed by atoms with E-state index < -0.39 is 5.97 Å². The lowest BCUT2D eigenvalue weighted by Crippen LogP contribution is -2.27. The first-order valence-electron chi connectivity index (χ1n) is 4.87. The number of hydrogen-bond donors (Lipinski definition) is 2. The summed E-state index contributed by atoms with van der Waals surface area (Å²) in [6, 6.07) is 2.35. The van der Waals surface area contributed by atoms with Gasteiger partial charge >= 0.3 is 5.97 Å². The van der Waals surface area contributed by atoms with Crippen LogP contribution in [-0.2, 0) is 6.54 Å². The highest BCUT2D eigenvalue weighted by molar-refractivity contribution is 7.99. The predicted molar refractivity (Wildman–Crippen MR) is 63.8 cm³/mol. The van der Waals surface area contributed by atoms with E-state index in [9.17, 15) is 4.79 Å². The van der Waals surface area contributed by atoms with Gasteiger partial charge in [-0.2, -0.15) is 11.8 Å².